The number of aliphatic hydroxyl groups is 1. The molecule has 0 bridgehead atoms. The standard InChI is InChI=1S/C31H32N4O5/c1-4-6-16-40-23-13-12-22(17-24(23)39-5-2)28-26(29(36)27-20(3)33-25-11-7-8-15-34(25)27)30(37)31(38)35(28)19-21-10-9-14-32-18-21/h7-15,17-18,28,36H,4-6,16,19H2,1-3H3. The van der Waals surface area contributed by atoms with Crippen molar-refractivity contribution < 1.29 is 24.2 Å². The van der Waals surface area contributed by atoms with Gasteiger partial charge in [-0.3, -0.25) is 19.0 Å². The third-order valence-electron chi connectivity index (χ3n) is 6.88. The number of fused-ring (bicyclic) bond motifs is 1. The number of imidazole rings is 1. The summed E-state index contributed by atoms with van der Waals surface area (Å²) in [5.74, 6) is -0.662. The van der Waals surface area contributed by atoms with Gasteiger partial charge in [-0.05, 0) is 61.7 Å². The zero-order chi connectivity index (χ0) is 28.2. The fourth-order valence-electron chi connectivity index (χ4n) is 5.01. The molecule has 4 heterocycles. The molecule has 5 rings (SSSR count). The van der Waals surface area contributed by atoms with Crippen molar-refractivity contribution in [2.24, 2.45) is 0 Å². The summed E-state index contributed by atoms with van der Waals surface area (Å²) in [6.07, 6.45) is 6.96. The number of hydrogen-bond acceptors (Lipinski definition) is 7. The Morgan fingerprint density at radius 1 is 1.05 bits per heavy atom. The molecular formula is C31H32N4O5. The molecule has 0 radical (unpaired) electrons. The van der Waals surface area contributed by atoms with Gasteiger partial charge in [0.05, 0.1) is 30.5 Å². The van der Waals surface area contributed by atoms with Gasteiger partial charge >= 0.3 is 0 Å². The predicted molar refractivity (Wildman–Crippen MR) is 150 cm³/mol. The van der Waals surface area contributed by atoms with E-state index in [9.17, 15) is 14.7 Å². The Balaban J connectivity index is 1.68. The second-order valence-corrected chi connectivity index (χ2v) is 9.60. The lowest BCUT2D eigenvalue weighted by atomic mass is 9.95. The fourth-order valence-corrected chi connectivity index (χ4v) is 5.01. The summed E-state index contributed by atoms with van der Waals surface area (Å²) in [6.45, 7) is 6.81. The molecule has 0 saturated carbocycles. The number of amides is 1. The molecule has 0 spiro atoms. The second-order valence-electron chi connectivity index (χ2n) is 9.60. The van der Waals surface area contributed by atoms with Crippen LogP contribution < -0.4 is 9.47 Å². The first-order valence-corrected chi connectivity index (χ1v) is 13.5. The second kappa shape index (κ2) is 11.6. The van der Waals surface area contributed by atoms with Gasteiger partial charge in [0.25, 0.3) is 11.7 Å². The monoisotopic (exact) mass is 540 g/mol. The van der Waals surface area contributed by atoms with Crippen molar-refractivity contribution in [2.45, 2.75) is 46.2 Å². The maximum absolute atomic E-state index is 13.6. The zero-order valence-corrected chi connectivity index (χ0v) is 22.8. The number of benzene rings is 1. The first-order chi connectivity index (χ1) is 19.4. The largest absolute Gasteiger partial charge is 0.505 e. The molecule has 1 unspecified atom stereocenters. The van der Waals surface area contributed by atoms with Crippen LogP contribution >= 0.6 is 0 Å². The molecule has 1 amide bonds. The van der Waals surface area contributed by atoms with Crippen molar-refractivity contribution in [3.63, 3.8) is 0 Å². The van der Waals surface area contributed by atoms with Gasteiger partial charge in [0, 0.05) is 25.1 Å². The third kappa shape index (κ3) is 5.02. The van der Waals surface area contributed by atoms with Crippen molar-refractivity contribution in [1.82, 2.24) is 19.3 Å². The predicted octanol–water partition coefficient (Wildman–Crippen LogP) is 5.24. The summed E-state index contributed by atoms with van der Waals surface area (Å²) < 4.78 is 13.6. The smallest absolute Gasteiger partial charge is 0.295 e. The summed E-state index contributed by atoms with van der Waals surface area (Å²) in [5, 5.41) is 11.7. The van der Waals surface area contributed by atoms with E-state index in [-0.39, 0.29) is 17.9 Å². The van der Waals surface area contributed by atoms with Crippen LogP contribution in [-0.4, -0.2) is 49.3 Å². The Labute approximate surface area is 232 Å². The molecule has 1 aliphatic heterocycles. The lowest BCUT2D eigenvalue weighted by Crippen LogP contribution is -2.29. The first-order valence-electron chi connectivity index (χ1n) is 13.5. The number of nitrogens with zero attached hydrogens (tertiary/aromatic N) is 4. The van der Waals surface area contributed by atoms with Gasteiger partial charge in [-0.1, -0.05) is 31.5 Å². The van der Waals surface area contributed by atoms with E-state index in [1.165, 1.54) is 4.90 Å². The topological polar surface area (TPSA) is 106 Å². The SMILES string of the molecule is CCCCOc1ccc(C2C(=C(O)c3c(C)nc4ccccn34)C(=O)C(=O)N2Cc2cccnc2)cc1OCC. The number of aliphatic hydroxyl groups excluding tert-OH is 1. The minimum absolute atomic E-state index is 0.00950. The minimum atomic E-state index is -0.877. The van der Waals surface area contributed by atoms with Crippen molar-refractivity contribution in [2.75, 3.05) is 13.2 Å². The van der Waals surface area contributed by atoms with Gasteiger partial charge < -0.3 is 19.5 Å². The highest BCUT2D eigenvalue weighted by Crippen LogP contribution is 2.43. The number of aryl methyl sites for hydroxylation is 1. The molecule has 9 nitrogen and oxygen atoms in total. The summed E-state index contributed by atoms with van der Waals surface area (Å²) >= 11 is 0. The van der Waals surface area contributed by atoms with Crippen molar-refractivity contribution in [3.05, 3.63) is 95.2 Å². The Morgan fingerprint density at radius 2 is 1.90 bits per heavy atom. The van der Waals surface area contributed by atoms with Crippen LogP contribution in [0.4, 0.5) is 0 Å². The van der Waals surface area contributed by atoms with Crippen molar-refractivity contribution in [3.8, 4) is 11.5 Å². The van der Waals surface area contributed by atoms with Gasteiger partial charge in [-0.2, -0.15) is 0 Å². The number of ketones is 1. The number of rotatable bonds is 10. The van der Waals surface area contributed by atoms with Gasteiger partial charge in [-0.25, -0.2) is 4.98 Å². The highest BCUT2D eigenvalue weighted by molar-refractivity contribution is 6.46. The zero-order valence-electron chi connectivity index (χ0n) is 22.8. The van der Waals surface area contributed by atoms with Crippen LogP contribution in [0.5, 0.6) is 11.5 Å². The Hall–Kier alpha value is -4.66. The molecule has 9 heteroatoms. The minimum Gasteiger partial charge on any atom is -0.505 e. The fraction of sp³-hybridized carbons (Fsp3) is 0.290. The highest BCUT2D eigenvalue weighted by atomic mass is 16.5. The number of likely N-dealkylation sites (tertiary alicyclic amines) is 1. The van der Waals surface area contributed by atoms with Gasteiger partial charge in [0.1, 0.15) is 11.3 Å². The lowest BCUT2D eigenvalue weighted by molar-refractivity contribution is -0.140. The molecule has 1 atom stereocenters. The van der Waals surface area contributed by atoms with Gasteiger partial charge in [0.2, 0.25) is 0 Å². The molecule has 40 heavy (non-hydrogen) atoms. The summed E-state index contributed by atoms with van der Waals surface area (Å²) in [7, 11) is 0. The Morgan fingerprint density at radius 3 is 2.65 bits per heavy atom. The van der Waals surface area contributed by atoms with E-state index in [1.54, 1.807) is 48.1 Å². The molecule has 206 valence electrons. The van der Waals surface area contributed by atoms with E-state index < -0.39 is 17.7 Å². The number of unbranched alkanes of at least 4 members (excludes halogenated alkanes) is 1. The maximum Gasteiger partial charge on any atom is 0.295 e. The molecule has 4 aromatic rings. The number of Topliss-reactive ketones (excluding diaryl/α,β-unsaturated/α-hetero) is 1. The summed E-state index contributed by atoms with van der Waals surface area (Å²) in [4.78, 5) is 37.3. The maximum atomic E-state index is 13.6. The highest BCUT2D eigenvalue weighted by Gasteiger charge is 2.47. The van der Waals surface area contributed by atoms with E-state index in [4.69, 9.17) is 9.47 Å². The first kappa shape index (κ1) is 26.9. The van der Waals surface area contributed by atoms with Crippen LogP contribution in [-0.2, 0) is 16.1 Å². The van der Waals surface area contributed by atoms with E-state index in [0.717, 1.165) is 18.4 Å². The van der Waals surface area contributed by atoms with E-state index in [2.05, 4.69) is 16.9 Å². The van der Waals surface area contributed by atoms with Crippen LogP contribution in [0, 0.1) is 6.92 Å². The average molecular weight is 541 g/mol. The van der Waals surface area contributed by atoms with Crippen LogP contribution in [0.15, 0.2) is 72.7 Å². The summed E-state index contributed by atoms with van der Waals surface area (Å²) in [6, 6.07) is 13.6. The number of aromatic nitrogens is 3. The number of hydrogen-bond donors (Lipinski definition) is 1. The lowest BCUT2D eigenvalue weighted by Gasteiger charge is -2.26. The number of carbonyl (C=O) groups excluding carboxylic acids is 2. The third-order valence-corrected chi connectivity index (χ3v) is 6.88. The molecule has 1 aliphatic rings. The quantitative estimate of drug-likeness (QED) is 0.127. The average Bonchev–Trinajstić information content (AvgIpc) is 3.42. The molecule has 1 saturated heterocycles. The van der Waals surface area contributed by atoms with Gasteiger partial charge in [-0.15, -0.1) is 0 Å². The molecule has 1 aromatic carbocycles. The normalized spacial score (nSPS) is 16.6. The Kier molecular flexibility index (Phi) is 7.82. The van der Waals surface area contributed by atoms with Crippen molar-refractivity contribution >= 4 is 23.1 Å². The Bertz CT molecular complexity index is 1580. The molecule has 0 aliphatic carbocycles. The molecule has 1 N–H and O–H groups in total. The number of carbonyl (C=O) groups is 2. The van der Waals surface area contributed by atoms with E-state index in [0.29, 0.717) is 47.3 Å². The van der Waals surface area contributed by atoms with Crippen LogP contribution in [0.1, 0.15) is 55.2 Å². The van der Waals surface area contributed by atoms with Crippen LogP contribution in [0.2, 0.25) is 0 Å². The number of ether oxygens (including phenoxy) is 2. The molecule has 1 fully saturated rings. The summed E-state index contributed by atoms with van der Waals surface area (Å²) in [5.41, 5.74) is 2.88. The van der Waals surface area contributed by atoms with Crippen molar-refractivity contribution in [1.29, 1.82) is 0 Å². The molecular weight excluding hydrogens is 508 g/mol. The van der Waals surface area contributed by atoms with E-state index in [1.807, 2.05) is 37.3 Å². The van der Waals surface area contributed by atoms with Crippen LogP contribution in [0.25, 0.3) is 11.4 Å². The van der Waals surface area contributed by atoms with Crippen LogP contribution in [0.3, 0.4) is 0 Å². The van der Waals surface area contributed by atoms with E-state index >= 15 is 0 Å². The number of pyridine rings is 2. The van der Waals surface area contributed by atoms with Gasteiger partial charge in [0.15, 0.2) is 17.3 Å². The molecule has 3 aromatic heterocycles.